The Morgan fingerprint density at radius 1 is 1.18 bits per heavy atom. The number of rotatable bonds is 6. The smallest absolute Gasteiger partial charge is 0.338 e. The Labute approximate surface area is 162 Å². The molecule has 3 rings (SSSR count). The molecule has 0 radical (unpaired) electrons. The van der Waals surface area contributed by atoms with Crippen molar-refractivity contribution in [1.29, 1.82) is 0 Å². The summed E-state index contributed by atoms with van der Waals surface area (Å²) in [5, 5.41) is 2.65. The van der Waals surface area contributed by atoms with Gasteiger partial charge in [0.1, 0.15) is 11.2 Å². The van der Waals surface area contributed by atoms with E-state index < -0.39 is 17.4 Å². The molecule has 0 bridgehead atoms. The summed E-state index contributed by atoms with van der Waals surface area (Å²) in [5.41, 5.74) is 1.80. The molecule has 7 heteroatoms. The van der Waals surface area contributed by atoms with Gasteiger partial charge < -0.3 is 10.1 Å². The van der Waals surface area contributed by atoms with Gasteiger partial charge in [0.15, 0.2) is 0 Å². The average Bonchev–Trinajstić information content (AvgIpc) is 2.68. The number of hydrogen-bond acceptors (Lipinski definition) is 5. The number of aryl methyl sites for hydroxylation is 1. The van der Waals surface area contributed by atoms with E-state index in [-0.39, 0.29) is 5.56 Å². The number of anilines is 1. The van der Waals surface area contributed by atoms with Crippen molar-refractivity contribution in [2.24, 2.45) is 0 Å². The Hall–Kier alpha value is -3.48. The van der Waals surface area contributed by atoms with Gasteiger partial charge in [0, 0.05) is 18.1 Å². The number of amides is 1. The van der Waals surface area contributed by atoms with Crippen LogP contribution in [-0.2, 0) is 4.74 Å². The molecule has 0 spiro atoms. The highest BCUT2D eigenvalue weighted by molar-refractivity contribution is 6.04. The number of nitrogens with one attached hydrogen (secondary N) is 1. The number of aromatic nitrogens is 2. The fraction of sp³-hybridized carbons (Fsp3) is 0.238. The predicted molar refractivity (Wildman–Crippen MR) is 106 cm³/mol. The Morgan fingerprint density at radius 3 is 2.64 bits per heavy atom. The van der Waals surface area contributed by atoms with Gasteiger partial charge in [-0.1, -0.05) is 13.3 Å². The zero-order chi connectivity index (χ0) is 20.1. The van der Waals surface area contributed by atoms with Crippen LogP contribution in [0.4, 0.5) is 5.69 Å². The number of hydrogen-bond donors (Lipinski definition) is 1. The molecule has 1 amide bonds. The minimum atomic E-state index is -0.564. The van der Waals surface area contributed by atoms with Crippen molar-refractivity contribution in [2.75, 3.05) is 11.9 Å². The lowest BCUT2D eigenvalue weighted by molar-refractivity contribution is 0.0499. The number of fused-ring (bicyclic) bond motifs is 1. The number of pyridine rings is 1. The van der Waals surface area contributed by atoms with E-state index in [9.17, 15) is 14.4 Å². The number of benzene rings is 1. The van der Waals surface area contributed by atoms with Crippen molar-refractivity contribution < 1.29 is 14.3 Å². The highest BCUT2D eigenvalue weighted by Crippen LogP contribution is 2.12. The van der Waals surface area contributed by atoms with Crippen LogP contribution in [0.5, 0.6) is 0 Å². The highest BCUT2D eigenvalue weighted by atomic mass is 16.5. The van der Waals surface area contributed by atoms with Crippen LogP contribution in [-0.4, -0.2) is 27.9 Å². The molecule has 1 aromatic carbocycles. The van der Waals surface area contributed by atoms with E-state index >= 15 is 0 Å². The lowest BCUT2D eigenvalue weighted by Crippen LogP contribution is -2.26. The van der Waals surface area contributed by atoms with E-state index in [1.165, 1.54) is 10.6 Å². The number of carbonyl (C=O) groups excluding carboxylic acids is 2. The third kappa shape index (κ3) is 4.25. The maximum atomic E-state index is 12.5. The topological polar surface area (TPSA) is 89.8 Å². The van der Waals surface area contributed by atoms with Crippen LogP contribution in [0.2, 0.25) is 0 Å². The second kappa shape index (κ2) is 8.47. The van der Waals surface area contributed by atoms with Crippen molar-refractivity contribution in [3.8, 4) is 0 Å². The molecule has 2 heterocycles. The van der Waals surface area contributed by atoms with Gasteiger partial charge in [0.05, 0.1) is 12.2 Å². The molecule has 7 nitrogen and oxygen atoms in total. The highest BCUT2D eigenvalue weighted by Gasteiger charge is 2.14. The van der Waals surface area contributed by atoms with Gasteiger partial charge in [-0.2, -0.15) is 0 Å². The van der Waals surface area contributed by atoms with Gasteiger partial charge in [0.2, 0.25) is 0 Å². The largest absolute Gasteiger partial charge is 0.462 e. The van der Waals surface area contributed by atoms with Crippen molar-refractivity contribution in [3.05, 3.63) is 75.8 Å². The van der Waals surface area contributed by atoms with Crippen LogP contribution in [0.1, 0.15) is 46.0 Å². The first-order valence-electron chi connectivity index (χ1n) is 9.06. The molecule has 0 aliphatic rings. The van der Waals surface area contributed by atoms with Gasteiger partial charge >= 0.3 is 5.97 Å². The Kier molecular flexibility index (Phi) is 5.84. The first-order valence-corrected chi connectivity index (χ1v) is 9.06. The van der Waals surface area contributed by atoms with Crippen LogP contribution in [0.15, 0.2) is 53.6 Å². The first-order chi connectivity index (χ1) is 13.5. The second-order valence-corrected chi connectivity index (χ2v) is 6.43. The molecule has 28 heavy (non-hydrogen) atoms. The predicted octanol–water partition coefficient (Wildman–Crippen LogP) is 3.21. The van der Waals surface area contributed by atoms with Gasteiger partial charge in [-0.3, -0.25) is 14.0 Å². The molecule has 3 aromatic rings. The summed E-state index contributed by atoms with van der Waals surface area (Å²) in [6, 6.07) is 9.85. The van der Waals surface area contributed by atoms with Crippen molar-refractivity contribution in [1.82, 2.24) is 9.38 Å². The van der Waals surface area contributed by atoms with Crippen molar-refractivity contribution in [2.45, 2.75) is 26.7 Å². The van der Waals surface area contributed by atoms with E-state index in [1.807, 2.05) is 13.8 Å². The van der Waals surface area contributed by atoms with E-state index in [0.29, 0.717) is 23.5 Å². The molecule has 0 fully saturated rings. The number of ether oxygens (including phenoxy) is 1. The molecular weight excluding hydrogens is 358 g/mol. The molecular formula is C21H21N3O4. The third-order valence-electron chi connectivity index (χ3n) is 4.22. The van der Waals surface area contributed by atoms with E-state index in [4.69, 9.17) is 4.74 Å². The molecule has 0 aliphatic carbocycles. The number of esters is 1. The standard InChI is InChI=1S/C21H21N3O4/c1-3-4-11-28-21(27)15-5-7-16(8-6-15)23-19(25)17-13-22-18-12-14(2)9-10-24(18)20(17)26/h5-10,12-13H,3-4,11H2,1-2H3,(H,23,25). The lowest BCUT2D eigenvalue weighted by Gasteiger charge is -2.08. The summed E-state index contributed by atoms with van der Waals surface area (Å²) in [7, 11) is 0. The van der Waals surface area contributed by atoms with E-state index in [1.54, 1.807) is 42.6 Å². The van der Waals surface area contributed by atoms with E-state index in [0.717, 1.165) is 18.4 Å². The van der Waals surface area contributed by atoms with Crippen LogP contribution >= 0.6 is 0 Å². The molecule has 0 saturated carbocycles. The molecule has 0 atom stereocenters. The summed E-state index contributed by atoms with van der Waals surface area (Å²) in [5.74, 6) is -0.968. The molecule has 144 valence electrons. The first kappa shape index (κ1) is 19.3. The average molecular weight is 379 g/mol. The lowest BCUT2D eigenvalue weighted by atomic mass is 10.2. The Balaban J connectivity index is 1.73. The Morgan fingerprint density at radius 2 is 1.93 bits per heavy atom. The Bertz CT molecular complexity index is 1070. The number of nitrogens with zero attached hydrogens (tertiary/aromatic N) is 2. The van der Waals surface area contributed by atoms with Crippen LogP contribution in [0.25, 0.3) is 5.65 Å². The maximum absolute atomic E-state index is 12.5. The minimum absolute atomic E-state index is 0.0654. The normalized spacial score (nSPS) is 10.6. The summed E-state index contributed by atoms with van der Waals surface area (Å²) in [6.45, 7) is 4.30. The SMILES string of the molecule is CCCCOC(=O)c1ccc(NC(=O)c2cnc3cc(C)ccn3c2=O)cc1. The van der Waals surface area contributed by atoms with Gasteiger partial charge in [-0.25, -0.2) is 9.78 Å². The number of carbonyl (C=O) groups is 2. The zero-order valence-corrected chi connectivity index (χ0v) is 15.8. The van der Waals surface area contributed by atoms with Crippen LogP contribution < -0.4 is 10.9 Å². The fourth-order valence-electron chi connectivity index (χ4n) is 2.61. The zero-order valence-electron chi connectivity index (χ0n) is 15.8. The minimum Gasteiger partial charge on any atom is -0.462 e. The van der Waals surface area contributed by atoms with E-state index in [2.05, 4.69) is 10.3 Å². The van der Waals surface area contributed by atoms with Crippen LogP contribution in [0, 0.1) is 6.92 Å². The molecule has 2 aromatic heterocycles. The maximum Gasteiger partial charge on any atom is 0.338 e. The van der Waals surface area contributed by atoms with Gasteiger partial charge in [-0.15, -0.1) is 0 Å². The quantitative estimate of drug-likeness (QED) is 0.525. The summed E-state index contributed by atoms with van der Waals surface area (Å²) >= 11 is 0. The molecule has 0 unspecified atom stereocenters. The monoisotopic (exact) mass is 379 g/mol. The second-order valence-electron chi connectivity index (χ2n) is 6.43. The fourth-order valence-corrected chi connectivity index (χ4v) is 2.61. The van der Waals surface area contributed by atoms with Crippen LogP contribution in [0.3, 0.4) is 0 Å². The third-order valence-corrected chi connectivity index (χ3v) is 4.22. The summed E-state index contributed by atoms with van der Waals surface area (Å²) in [6.07, 6.45) is 4.62. The van der Waals surface area contributed by atoms with Gasteiger partial charge in [-0.05, 0) is 55.3 Å². The molecule has 1 N–H and O–H groups in total. The van der Waals surface area contributed by atoms with Crippen molar-refractivity contribution in [3.63, 3.8) is 0 Å². The summed E-state index contributed by atoms with van der Waals surface area (Å²) in [4.78, 5) is 41.1. The van der Waals surface area contributed by atoms with Crippen molar-refractivity contribution >= 4 is 23.2 Å². The summed E-state index contributed by atoms with van der Waals surface area (Å²) < 4.78 is 6.48. The van der Waals surface area contributed by atoms with Gasteiger partial charge in [0.25, 0.3) is 11.5 Å². The molecule has 0 saturated heterocycles. The molecule has 0 aliphatic heterocycles. The number of unbranched alkanes of at least 4 members (excludes halogenated alkanes) is 1.